The van der Waals surface area contributed by atoms with Crippen molar-refractivity contribution in [3.8, 4) is 0 Å². The van der Waals surface area contributed by atoms with E-state index in [9.17, 15) is 9.90 Å². The molecular weight excluding hydrogens is 272 g/mol. The second kappa shape index (κ2) is 6.03. The number of hydrogen-bond donors (Lipinski definition) is 1. The van der Waals surface area contributed by atoms with Crippen LogP contribution in [0.2, 0.25) is 0 Å². The van der Waals surface area contributed by atoms with Crippen LogP contribution in [-0.4, -0.2) is 52.6 Å². The second-order valence-electron chi connectivity index (χ2n) is 4.86. The van der Waals surface area contributed by atoms with Gasteiger partial charge in [0.2, 0.25) is 0 Å². The van der Waals surface area contributed by atoms with E-state index in [0.29, 0.717) is 4.58 Å². The van der Waals surface area contributed by atoms with Crippen LogP contribution in [-0.2, 0) is 14.3 Å². The molecule has 2 heterocycles. The number of ether oxygens (including phenoxy) is 2. The molecule has 6 heteroatoms. The van der Waals surface area contributed by atoms with Gasteiger partial charge in [-0.2, -0.15) is 0 Å². The van der Waals surface area contributed by atoms with Crippen LogP contribution in [0.25, 0.3) is 0 Å². The van der Waals surface area contributed by atoms with Crippen LogP contribution < -0.4 is 0 Å². The SMILES string of the molecule is COC(=O)C1OC(C2SCCS2)C(C)C(O)C1C. The van der Waals surface area contributed by atoms with Crippen LogP contribution in [0.1, 0.15) is 13.8 Å². The maximum absolute atomic E-state index is 11.7. The van der Waals surface area contributed by atoms with Gasteiger partial charge in [0.05, 0.1) is 23.9 Å². The summed E-state index contributed by atoms with van der Waals surface area (Å²) in [5, 5.41) is 10.3. The maximum Gasteiger partial charge on any atom is 0.335 e. The highest BCUT2D eigenvalue weighted by molar-refractivity contribution is 8.20. The van der Waals surface area contributed by atoms with Crippen LogP contribution in [0.5, 0.6) is 0 Å². The van der Waals surface area contributed by atoms with E-state index in [4.69, 9.17) is 9.47 Å². The molecule has 2 aliphatic heterocycles. The Bertz CT molecular complexity index is 306. The van der Waals surface area contributed by atoms with Crippen LogP contribution in [0.15, 0.2) is 0 Å². The molecule has 18 heavy (non-hydrogen) atoms. The van der Waals surface area contributed by atoms with Crippen molar-refractivity contribution in [3.63, 3.8) is 0 Å². The minimum absolute atomic E-state index is 0.0454. The number of thioether (sulfide) groups is 2. The lowest BCUT2D eigenvalue weighted by atomic mass is 9.83. The van der Waals surface area contributed by atoms with Crippen LogP contribution in [0, 0.1) is 11.8 Å². The van der Waals surface area contributed by atoms with Gasteiger partial charge in [0.25, 0.3) is 0 Å². The first-order valence-corrected chi connectivity index (χ1v) is 8.30. The Hall–Kier alpha value is 0.0900. The predicted octanol–water partition coefficient (Wildman–Crippen LogP) is 1.37. The molecule has 4 nitrogen and oxygen atoms in total. The molecule has 2 rings (SSSR count). The Labute approximate surface area is 116 Å². The van der Waals surface area contributed by atoms with E-state index in [2.05, 4.69) is 0 Å². The van der Waals surface area contributed by atoms with E-state index < -0.39 is 12.2 Å². The normalized spacial score (nSPS) is 41.9. The molecule has 0 spiro atoms. The van der Waals surface area contributed by atoms with Gasteiger partial charge >= 0.3 is 5.97 Å². The summed E-state index contributed by atoms with van der Waals surface area (Å²) in [5.74, 6) is 1.66. The van der Waals surface area contributed by atoms with Crippen molar-refractivity contribution in [1.82, 2.24) is 0 Å². The molecule has 1 N–H and O–H groups in total. The quantitative estimate of drug-likeness (QED) is 0.776. The van der Waals surface area contributed by atoms with E-state index in [1.165, 1.54) is 7.11 Å². The zero-order chi connectivity index (χ0) is 13.3. The summed E-state index contributed by atoms with van der Waals surface area (Å²) >= 11 is 3.70. The molecule has 5 atom stereocenters. The lowest BCUT2D eigenvalue weighted by Gasteiger charge is -2.43. The molecule has 5 unspecified atom stereocenters. The van der Waals surface area contributed by atoms with Crippen molar-refractivity contribution >= 4 is 29.5 Å². The van der Waals surface area contributed by atoms with Crippen molar-refractivity contribution in [1.29, 1.82) is 0 Å². The molecule has 2 saturated heterocycles. The minimum Gasteiger partial charge on any atom is -0.467 e. The van der Waals surface area contributed by atoms with Crippen molar-refractivity contribution in [2.45, 2.75) is 36.7 Å². The lowest BCUT2D eigenvalue weighted by molar-refractivity contribution is -0.190. The lowest BCUT2D eigenvalue weighted by Crippen LogP contribution is -2.54. The standard InChI is InChI=1S/C12H20O4S2/c1-6-8(13)7(2)10(12-17-4-5-18-12)16-9(6)11(14)15-3/h6-10,12-13H,4-5H2,1-3H3. The van der Waals surface area contributed by atoms with Crippen molar-refractivity contribution in [3.05, 3.63) is 0 Å². The van der Waals surface area contributed by atoms with Gasteiger partial charge in [0, 0.05) is 23.3 Å². The number of hydrogen-bond acceptors (Lipinski definition) is 6. The average molecular weight is 292 g/mol. The van der Waals surface area contributed by atoms with Gasteiger partial charge in [0.1, 0.15) is 0 Å². The Morgan fingerprint density at radius 1 is 1.28 bits per heavy atom. The number of rotatable bonds is 2. The summed E-state index contributed by atoms with van der Waals surface area (Å²) in [5.41, 5.74) is 0. The zero-order valence-corrected chi connectivity index (χ0v) is 12.5. The smallest absolute Gasteiger partial charge is 0.335 e. The molecule has 0 aromatic rings. The molecule has 0 aliphatic carbocycles. The summed E-state index contributed by atoms with van der Waals surface area (Å²) in [4.78, 5) is 11.7. The molecular formula is C12H20O4S2. The monoisotopic (exact) mass is 292 g/mol. The highest BCUT2D eigenvalue weighted by Crippen LogP contribution is 2.43. The highest BCUT2D eigenvalue weighted by Gasteiger charge is 2.47. The highest BCUT2D eigenvalue weighted by atomic mass is 32.2. The Morgan fingerprint density at radius 2 is 1.89 bits per heavy atom. The van der Waals surface area contributed by atoms with E-state index >= 15 is 0 Å². The molecule has 104 valence electrons. The largest absolute Gasteiger partial charge is 0.467 e. The topological polar surface area (TPSA) is 55.8 Å². The van der Waals surface area contributed by atoms with Gasteiger partial charge in [-0.1, -0.05) is 13.8 Å². The number of aliphatic hydroxyl groups is 1. The van der Waals surface area contributed by atoms with Gasteiger partial charge in [-0.3, -0.25) is 0 Å². The number of carbonyl (C=O) groups is 1. The first kappa shape index (κ1) is 14.5. The molecule has 0 aromatic carbocycles. The predicted molar refractivity (Wildman–Crippen MR) is 73.7 cm³/mol. The van der Waals surface area contributed by atoms with Crippen LogP contribution in [0.3, 0.4) is 0 Å². The first-order valence-electron chi connectivity index (χ1n) is 6.20. The average Bonchev–Trinajstić information content (AvgIpc) is 2.89. The van der Waals surface area contributed by atoms with Crippen LogP contribution in [0.4, 0.5) is 0 Å². The maximum atomic E-state index is 11.7. The second-order valence-corrected chi connectivity index (χ2v) is 7.66. The molecule has 0 bridgehead atoms. The fourth-order valence-electron chi connectivity index (χ4n) is 2.53. The Balaban J connectivity index is 2.12. The zero-order valence-electron chi connectivity index (χ0n) is 10.9. The van der Waals surface area contributed by atoms with Gasteiger partial charge in [-0.25, -0.2) is 4.79 Å². The number of esters is 1. The van der Waals surface area contributed by atoms with Crippen molar-refractivity contribution in [2.75, 3.05) is 18.6 Å². The molecule has 0 aromatic heterocycles. The third kappa shape index (κ3) is 2.66. The summed E-state index contributed by atoms with van der Waals surface area (Å²) < 4.78 is 11.0. The van der Waals surface area contributed by atoms with Crippen molar-refractivity contribution < 1.29 is 19.4 Å². The fraction of sp³-hybridized carbons (Fsp3) is 0.917. The number of carbonyl (C=O) groups excluding carboxylic acids is 1. The molecule has 2 fully saturated rings. The van der Waals surface area contributed by atoms with E-state index in [1.807, 2.05) is 37.4 Å². The minimum atomic E-state index is -0.645. The summed E-state index contributed by atoms with van der Waals surface area (Å²) in [6, 6.07) is 0. The molecule has 0 radical (unpaired) electrons. The van der Waals surface area contributed by atoms with Gasteiger partial charge in [-0.05, 0) is 0 Å². The van der Waals surface area contributed by atoms with E-state index in [-0.39, 0.29) is 23.9 Å². The third-order valence-corrected chi connectivity index (χ3v) is 6.87. The third-order valence-electron chi connectivity index (χ3n) is 3.73. The molecule has 0 saturated carbocycles. The number of aliphatic hydroxyl groups excluding tert-OH is 1. The fourth-order valence-corrected chi connectivity index (χ4v) is 5.73. The summed E-state index contributed by atoms with van der Waals surface area (Å²) in [6.45, 7) is 3.84. The summed E-state index contributed by atoms with van der Waals surface area (Å²) in [6.07, 6.45) is -1.25. The van der Waals surface area contributed by atoms with Crippen molar-refractivity contribution in [2.24, 2.45) is 11.8 Å². The van der Waals surface area contributed by atoms with Gasteiger partial charge in [0.15, 0.2) is 6.10 Å². The Morgan fingerprint density at radius 3 is 2.44 bits per heavy atom. The number of methoxy groups -OCH3 is 1. The summed E-state index contributed by atoms with van der Waals surface area (Å²) in [7, 11) is 1.36. The Kier molecular flexibility index (Phi) is 4.86. The van der Waals surface area contributed by atoms with Gasteiger partial charge < -0.3 is 14.6 Å². The van der Waals surface area contributed by atoms with Gasteiger partial charge in [-0.15, -0.1) is 23.5 Å². The van der Waals surface area contributed by atoms with E-state index in [0.717, 1.165) is 11.5 Å². The first-order chi connectivity index (χ1) is 8.56. The van der Waals surface area contributed by atoms with Crippen LogP contribution >= 0.6 is 23.5 Å². The molecule has 2 aliphatic rings. The molecule has 0 amide bonds. The van der Waals surface area contributed by atoms with E-state index in [1.54, 1.807) is 0 Å².